The van der Waals surface area contributed by atoms with Gasteiger partial charge in [-0.2, -0.15) is 0 Å². The molecular weight excluding hydrogens is 298 g/mol. The van der Waals surface area contributed by atoms with Crippen molar-refractivity contribution in [3.63, 3.8) is 0 Å². The van der Waals surface area contributed by atoms with Crippen LogP contribution in [0.3, 0.4) is 0 Å². The van der Waals surface area contributed by atoms with Crippen molar-refractivity contribution in [3.05, 3.63) is 41.8 Å². The summed E-state index contributed by atoms with van der Waals surface area (Å²) < 4.78 is 7.48. The van der Waals surface area contributed by atoms with Crippen LogP contribution in [0.1, 0.15) is 30.1 Å². The van der Waals surface area contributed by atoms with Crippen LogP contribution in [0.4, 0.5) is 0 Å². The van der Waals surface area contributed by atoms with Crippen molar-refractivity contribution in [1.29, 1.82) is 0 Å². The molecule has 0 unspecified atom stereocenters. The zero-order chi connectivity index (χ0) is 14.9. The molecule has 1 fully saturated rings. The fraction of sp³-hybridized carbons (Fsp3) is 0.333. The van der Waals surface area contributed by atoms with Crippen LogP contribution in [0, 0.1) is 6.92 Å². The summed E-state index contributed by atoms with van der Waals surface area (Å²) in [6.45, 7) is 2.06. The molecule has 1 aliphatic rings. The van der Waals surface area contributed by atoms with Gasteiger partial charge in [0.1, 0.15) is 6.26 Å². The molecule has 2 heterocycles. The van der Waals surface area contributed by atoms with Gasteiger partial charge in [-0.3, -0.25) is 0 Å². The van der Waals surface area contributed by atoms with E-state index in [1.54, 1.807) is 18.0 Å². The van der Waals surface area contributed by atoms with Crippen LogP contribution in [0.5, 0.6) is 0 Å². The van der Waals surface area contributed by atoms with Gasteiger partial charge in [0.05, 0.1) is 11.7 Å². The maximum Gasteiger partial charge on any atom is 0.226 e. The highest BCUT2D eigenvalue weighted by molar-refractivity contribution is 7.98. The summed E-state index contributed by atoms with van der Waals surface area (Å²) in [5.41, 5.74) is 3.11. The molecule has 112 valence electrons. The number of aryl methyl sites for hydroxylation is 1. The number of oxazole rings is 1. The first-order valence-corrected chi connectivity index (χ1v) is 8.20. The van der Waals surface area contributed by atoms with E-state index in [1.807, 2.05) is 16.8 Å². The van der Waals surface area contributed by atoms with Gasteiger partial charge in [0.2, 0.25) is 11.0 Å². The third kappa shape index (κ3) is 2.76. The van der Waals surface area contributed by atoms with E-state index in [1.165, 1.54) is 18.4 Å². The van der Waals surface area contributed by atoms with Crippen LogP contribution >= 0.6 is 11.8 Å². The van der Waals surface area contributed by atoms with Gasteiger partial charge in [-0.15, -0.1) is 5.10 Å². The number of hydrogen-bond donors (Lipinski definition) is 0. The van der Waals surface area contributed by atoms with E-state index in [-0.39, 0.29) is 0 Å². The van der Waals surface area contributed by atoms with E-state index < -0.39 is 0 Å². The molecule has 0 saturated heterocycles. The minimum atomic E-state index is 0.484. The monoisotopic (exact) mass is 313 g/mol. The number of nitrogens with zero attached hydrogens (tertiary/aromatic N) is 5. The van der Waals surface area contributed by atoms with E-state index >= 15 is 0 Å². The standard InChI is InChI=1S/C15H15N5OS/c1-10-2-4-11(5-3-10)14-16-12(8-21-14)9-22-15-17-18-19-20(15)13-6-7-13/h2-5,8,13H,6-7,9H2,1H3. The third-order valence-corrected chi connectivity index (χ3v) is 4.52. The molecule has 1 saturated carbocycles. The summed E-state index contributed by atoms with van der Waals surface area (Å²) in [6.07, 6.45) is 4.04. The molecule has 0 bridgehead atoms. The first-order valence-electron chi connectivity index (χ1n) is 7.22. The lowest BCUT2D eigenvalue weighted by atomic mass is 10.1. The number of hydrogen-bond acceptors (Lipinski definition) is 6. The summed E-state index contributed by atoms with van der Waals surface area (Å²) in [5, 5.41) is 12.7. The molecule has 0 amide bonds. The second-order valence-corrected chi connectivity index (χ2v) is 6.38. The Labute approximate surface area is 131 Å². The highest BCUT2D eigenvalue weighted by atomic mass is 32.2. The topological polar surface area (TPSA) is 69.6 Å². The van der Waals surface area contributed by atoms with Crippen LogP contribution < -0.4 is 0 Å². The molecule has 3 aromatic rings. The Balaban J connectivity index is 1.45. The molecule has 0 spiro atoms. The van der Waals surface area contributed by atoms with Gasteiger partial charge in [-0.1, -0.05) is 29.5 Å². The van der Waals surface area contributed by atoms with Crippen LogP contribution in [0.25, 0.3) is 11.5 Å². The summed E-state index contributed by atoms with van der Waals surface area (Å²) >= 11 is 1.59. The van der Waals surface area contributed by atoms with Crippen LogP contribution in [-0.2, 0) is 5.75 Å². The molecule has 0 N–H and O–H groups in total. The zero-order valence-corrected chi connectivity index (χ0v) is 13.0. The Bertz CT molecular complexity index is 775. The lowest BCUT2D eigenvalue weighted by Crippen LogP contribution is -1.98. The van der Waals surface area contributed by atoms with Crippen molar-refractivity contribution in [2.24, 2.45) is 0 Å². The molecule has 0 atom stereocenters. The van der Waals surface area contributed by atoms with Crippen molar-refractivity contribution in [1.82, 2.24) is 25.2 Å². The maximum absolute atomic E-state index is 5.57. The highest BCUT2D eigenvalue weighted by Crippen LogP contribution is 2.36. The molecular formula is C15H15N5OS. The van der Waals surface area contributed by atoms with E-state index in [0.717, 1.165) is 16.4 Å². The summed E-state index contributed by atoms with van der Waals surface area (Å²) in [7, 11) is 0. The second-order valence-electron chi connectivity index (χ2n) is 5.44. The average Bonchev–Trinajstić information content (AvgIpc) is 3.09. The smallest absolute Gasteiger partial charge is 0.226 e. The minimum absolute atomic E-state index is 0.484. The van der Waals surface area contributed by atoms with Crippen molar-refractivity contribution >= 4 is 11.8 Å². The zero-order valence-electron chi connectivity index (χ0n) is 12.1. The molecule has 1 aromatic carbocycles. The fourth-order valence-corrected chi connectivity index (χ4v) is 2.99. The van der Waals surface area contributed by atoms with Gasteiger partial charge in [-0.05, 0) is 42.3 Å². The Morgan fingerprint density at radius 1 is 1.27 bits per heavy atom. The Morgan fingerprint density at radius 3 is 2.86 bits per heavy atom. The molecule has 1 aliphatic carbocycles. The predicted molar refractivity (Wildman–Crippen MR) is 82.3 cm³/mol. The summed E-state index contributed by atoms with van der Waals surface area (Å²) in [5.74, 6) is 1.35. The first-order chi connectivity index (χ1) is 10.8. The minimum Gasteiger partial charge on any atom is -0.444 e. The number of tetrazole rings is 1. The van der Waals surface area contributed by atoms with Crippen molar-refractivity contribution < 1.29 is 4.42 Å². The normalized spacial score (nSPS) is 14.4. The lowest BCUT2D eigenvalue weighted by molar-refractivity contribution is 0.565. The third-order valence-electron chi connectivity index (χ3n) is 3.55. The van der Waals surface area contributed by atoms with Gasteiger partial charge in [0.15, 0.2) is 0 Å². The molecule has 6 nitrogen and oxygen atoms in total. The molecule has 0 radical (unpaired) electrons. The number of aromatic nitrogens is 5. The van der Waals surface area contributed by atoms with Crippen LogP contribution in [-0.4, -0.2) is 25.2 Å². The first kappa shape index (κ1) is 13.5. The van der Waals surface area contributed by atoms with Crippen molar-refractivity contribution in [2.45, 2.75) is 36.7 Å². The summed E-state index contributed by atoms with van der Waals surface area (Å²) in [4.78, 5) is 4.53. The van der Waals surface area contributed by atoms with E-state index in [4.69, 9.17) is 4.42 Å². The van der Waals surface area contributed by atoms with Crippen molar-refractivity contribution in [2.75, 3.05) is 0 Å². The van der Waals surface area contributed by atoms with Crippen molar-refractivity contribution in [3.8, 4) is 11.5 Å². The van der Waals surface area contributed by atoms with E-state index in [9.17, 15) is 0 Å². The largest absolute Gasteiger partial charge is 0.444 e. The Hall–Kier alpha value is -2.15. The number of rotatable bonds is 5. The lowest BCUT2D eigenvalue weighted by Gasteiger charge is -1.99. The quantitative estimate of drug-likeness (QED) is 0.673. The molecule has 0 aliphatic heterocycles. The van der Waals surface area contributed by atoms with Gasteiger partial charge in [0, 0.05) is 11.3 Å². The van der Waals surface area contributed by atoms with Crippen LogP contribution in [0.15, 0.2) is 40.1 Å². The Morgan fingerprint density at radius 2 is 2.09 bits per heavy atom. The van der Waals surface area contributed by atoms with Gasteiger partial charge >= 0.3 is 0 Å². The Kier molecular flexibility index (Phi) is 3.42. The fourth-order valence-electron chi connectivity index (χ4n) is 2.17. The summed E-state index contributed by atoms with van der Waals surface area (Å²) in [6, 6.07) is 8.63. The predicted octanol–water partition coefficient (Wildman–Crippen LogP) is 3.26. The SMILES string of the molecule is Cc1ccc(-c2nc(CSc3nnnn3C3CC3)co2)cc1. The van der Waals surface area contributed by atoms with Gasteiger partial charge in [-0.25, -0.2) is 9.67 Å². The molecule has 7 heteroatoms. The number of benzene rings is 1. The maximum atomic E-state index is 5.57. The highest BCUT2D eigenvalue weighted by Gasteiger charge is 2.27. The molecule has 4 rings (SSSR count). The van der Waals surface area contributed by atoms with Gasteiger partial charge < -0.3 is 4.42 Å². The molecule has 22 heavy (non-hydrogen) atoms. The average molecular weight is 313 g/mol. The van der Waals surface area contributed by atoms with Crippen LogP contribution in [0.2, 0.25) is 0 Å². The second kappa shape index (κ2) is 5.57. The number of thioether (sulfide) groups is 1. The van der Waals surface area contributed by atoms with E-state index in [0.29, 0.717) is 17.7 Å². The van der Waals surface area contributed by atoms with Gasteiger partial charge in [0.25, 0.3) is 0 Å². The molecule has 2 aromatic heterocycles. The van der Waals surface area contributed by atoms with E-state index in [2.05, 4.69) is 39.6 Å².